The zero-order valence-corrected chi connectivity index (χ0v) is 11.2. The van der Waals surface area contributed by atoms with Crippen LogP contribution in [-0.2, 0) is 6.42 Å². The summed E-state index contributed by atoms with van der Waals surface area (Å²) in [5.41, 5.74) is 6.98. The van der Waals surface area contributed by atoms with E-state index in [1.807, 2.05) is 31.2 Å². The second-order valence-corrected chi connectivity index (χ2v) is 4.71. The summed E-state index contributed by atoms with van der Waals surface area (Å²) >= 11 is 3.51. The molecule has 2 nitrogen and oxygen atoms in total. The Labute approximate surface area is 106 Å². The van der Waals surface area contributed by atoms with Gasteiger partial charge < -0.3 is 10.5 Å². The molecular formula is C13H18BrNO. The Morgan fingerprint density at radius 3 is 2.94 bits per heavy atom. The molecule has 1 atom stereocenters. The van der Waals surface area contributed by atoms with Gasteiger partial charge in [-0.1, -0.05) is 22.0 Å². The van der Waals surface area contributed by atoms with E-state index in [-0.39, 0.29) is 6.04 Å². The third kappa shape index (κ3) is 4.37. The van der Waals surface area contributed by atoms with Crippen LogP contribution in [0, 0.1) is 0 Å². The summed E-state index contributed by atoms with van der Waals surface area (Å²) in [4.78, 5) is 0. The van der Waals surface area contributed by atoms with E-state index in [9.17, 15) is 0 Å². The Morgan fingerprint density at radius 2 is 2.31 bits per heavy atom. The van der Waals surface area contributed by atoms with Crippen LogP contribution in [0.3, 0.4) is 0 Å². The number of hydrogen-bond acceptors (Lipinski definition) is 2. The third-order valence-electron chi connectivity index (χ3n) is 2.15. The molecule has 2 N–H and O–H groups in total. The zero-order valence-electron chi connectivity index (χ0n) is 9.58. The largest absolute Gasteiger partial charge is 0.493 e. The molecule has 1 unspecified atom stereocenters. The van der Waals surface area contributed by atoms with E-state index in [2.05, 4.69) is 22.5 Å². The highest BCUT2D eigenvalue weighted by Crippen LogP contribution is 2.23. The first-order valence-corrected chi connectivity index (χ1v) is 6.20. The van der Waals surface area contributed by atoms with Crippen LogP contribution >= 0.6 is 15.9 Å². The Morgan fingerprint density at radius 1 is 1.56 bits per heavy atom. The molecule has 0 amide bonds. The lowest BCUT2D eigenvalue weighted by Crippen LogP contribution is -2.18. The van der Waals surface area contributed by atoms with E-state index in [4.69, 9.17) is 10.5 Å². The molecular weight excluding hydrogens is 266 g/mol. The number of ether oxygens (including phenoxy) is 1. The second-order valence-electron chi connectivity index (χ2n) is 3.86. The predicted octanol–water partition coefficient (Wildman–Crippen LogP) is 3.29. The molecule has 0 saturated carbocycles. The van der Waals surface area contributed by atoms with Crippen molar-refractivity contribution in [1.82, 2.24) is 0 Å². The molecule has 1 aromatic carbocycles. The monoisotopic (exact) mass is 283 g/mol. The molecule has 0 aliphatic rings. The van der Waals surface area contributed by atoms with Crippen molar-refractivity contribution >= 4 is 15.9 Å². The van der Waals surface area contributed by atoms with Gasteiger partial charge in [0.25, 0.3) is 0 Å². The normalized spacial score (nSPS) is 12.2. The van der Waals surface area contributed by atoms with Crippen LogP contribution < -0.4 is 10.5 Å². The van der Waals surface area contributed by atoms with Gasteiger partial charge in [0.15, 0.2) is 0 Å². The lowest BCUT2D eigenvalue weighted by molar-refractivity contribution is 0.324. The zero-order chi connectivity index (χ0) is 12.0. The van der Waals surface area contributed by atoms with Crippen LogP contribution in [0.25, 0.3) is 0 Å². The lowest BCUT2D eigenvalue weighted by atomic mass is 10.1. The first-order valence-electron chi connectivity index (χ1n) is 5.41. The Kier molecular flexibility index (Phi) is 5.56. The topological polar surface area (TPSA) is 35.2 Å². The van der Waals surface area contributed by atoms with Gasteiger partial charge in [0.1, 0.15) is 5.75 Å². The molecule has 0 saturated heterocycles. The first-order chi connectivity index (χ1) is 7.63. The molecule has 1 aromatic rings. The molecule has 0 bridgehead atoms. The third-order valence-corrected chi connectivity index (χ3v) is 2.92. The predicted molar refractivity (Wildman–Crippen MR) is 71.8 cm³/mol. The van der Waals surface area contributed by atoms with Crippen LogP contribution in [0.2, 0.25) is 0 Å². The molecule has 0 radical (unpaired) electrons. The van der Waals surface area contributed by atoms with Crippen LogP contribution in [-0.4, -0.2) is 12.6 Å². The highest BCUT2D eigenvalue weighted by atomic mass is 79.9. The molecule has 0 aliphatic heterocycles. The summed E-state index contributed by atoms with van der Waals surface area (Å²) in [7, 11) is 0. The number of rotatable bonds is 6. The average molecular weight is 284 g/mol. The Hall–Kier alpha value is -0.800. The number of benzene rings is 1. The van der Waals surface area contributed by atoms with Crippen molar-refractivity contribution in [3.05, 3.63) is 40.9 Å². The summed E-state index contributed by atoms with van der Waals surface area (Å²) < 4.78 is 6.67. The molecule has 0 spiro atoms. The highest BCUT2D eigenvalue weighted by Gasteiger charge is 2.05. The number of hydrogen-bond donors (Lipinski definition) is 1. The summed E-state index contributed by atoms with van der Waals surface area (Å²) in [5, 5.41) is 0. The van der Waals surface area contributed by atoms with Crippen LogP contribution in [0.1, 0.15) is 18.9 Å². The van der Waals surface area contributed by atoms with E-state index >= 15 is 0 Å². The van der Waals surface area contributed by atoms with Gasteiger partial charge in [-0.15, -0.1) is 6.58 Å². The second kappa shape index (κ2) is 6.71. The van der Waals surface area contributed by atoms with Crippen molar-refractivity contribution in [3.63, 3.8) is 0 Å². The van der Waals surface area contributed by atoms with Gasteiger partial charge >= 0.3 is 0 Å². The van der Waals surface area contributed by atoms with Crippen molar-refractivity contribution in [2.24, 2.45) is 5.73 Å². The maximum absolute atomic E-state index is 5.79. The van der Waals surface area contributed by atoms with Gasteiger partial charge in [-0.05, 0) is 43.5 Å². The minimum Gasteiger partial charge on any atom is -0.493 e. The van der Waals surface area contributed by atoms with Crippen LogP contribution in [0.4, 0.5) is 0 Å². The molecule has 16 heavy (non-hydrogen) atoms. The average Bonchev–Trinajstić information content (AvgIpc) is 2.22. The molecule has 0 heterocycles. The fourth-order valence-corrected chi connectivity index (χ4v) is 1.81. The molecule has 0 aliphatic carbocycles. The standard InChI is InChI=1S/C13H18BrNO/c1-3-4-7-16-12-5-6-13(14)11(9-12)8-10(2)15/h3,5-6,9-10H,1,4,7-8,15H2,2H3. The van der Waals surface area contributed by atoms with Gasteiger partial charge in [0, 0.05) is 10.5 Å². The fraction of sp³-hybridized carbons (Fsp3) is 0.385. The van der Waals surface area contributed by atoms with Crippen LogP contribution in [0.5, 0.6) is 5.75 Å². The summed E-state index contributed by atoms with van der Waals surface area (Å²) in [6.07, 6.45) is 3.56. The minimum atomic E-state index is 0.153. The smallest absolute Gasteiger partial charge is 0.119 e. The summed E-state index contributed by atoms with van der Waals surface area (Å²) in [6, 6.07) is 6.15. The number of halogens is 1. The van der Waals surface area contributed by atoms with E-state index in [1.165, 1.54) is 5.56 Å². The van der Waals surface area contributed by atoms with Gasteiger partial charge in [0.05, 0.1) is 6.61 Å². The minimum absolute atomic E-state index is 0.153. The maximum Gasteiger partial charge on any atom is 0.119 e. The summed E-state index contributed by atoms with van der Waals surface area (Å²) in [6.45, 7) is 6.33. The van der Waals surface area contributed by atoms with E-state index < -0.39 is 0 Å². The van der Waals surface area contributed by atoms with E-state index in [0.29, 0.717) is 6.61 Å². The van der Waals surface area contributed by atoms with Crippen molar-refractivity contribution in [2.45, 2.75) is 25.8 Å². The summed E-state index contributed by atoms with van der Waals surface area (Å²) in [5.74, 6) is 0.890. The SMILES string of the molecule is C=CCCOc1ccc(Br)c(CC(C)N)c1. The maximum atomic E-state index is 5.79. The van der Waals surface area contributed by atoms with Gasteiger partial charge in [-0.25, -0.2) is 0 Å². The lowest BCUT2D eigenvalue weighted by Gasteiger charge is -2.11. The van der Waals surface area contributed by atoms with Crippen molar-refractivity contribution in [2.75, 3.05) is 6.61 Å². The Bertz CT molecular complexity index is 350. The van der Waals surface area contributed by atoms with Crippen molar-refractivity contribution in [3.8, 4) is 5.75 Å². The number of nitrogens with two attached hydrogens (primary N) is 1. The quantitative estimate of drug-likeness (QED) is 0.642. The molecule has 3 heteroatoms. The van der Waals surface area contributed by atoms with Crippen molar-refractivity contribution < 1.29 is 4.74 Å². The molecule has 88 valence electrons. The first kappa shape index (κ1) is 13.3. The van der Waals surface area contributed by atoms with E-state index in [0.717, 1.165) is 23.1 Å². The van der Waals surface area contributed by atoms with Gasteiger partial charge in [0.2, 0.25) is 0 Å². The fourth-order valence-electron chi connectivity index (χ4n) is 1.40. The van der Waals surface area contributed by atoms with Crippen LogP contribution in [0.15, 0.2) is 35.3 Å². The van der Waals surface area contributed by atoms with Gasteiger partial charge in [-0.3, -0.25) is 0 Å². The van der Waals surface area contributed by atoms with Crippen molar-refractivity contribution in [1.29, 1.82) is 0 Å². The van der Waals surface area contributed by atoms with E-state index in [1.54, 1.807) is 0 Å². The van der Waals surface area contributed by atoms with Gasteiger partial charge in [-0.2, -0.15) is 0 Å². The highest BCUT2D eigenvalue weighted by molar-refractivity contribution is 9.10. The molecule has 0 aromatic heterocycles. The molecule has 0 fully saturated rings. The Balaban J connectivity index is 2.68. The molecule has 1 rings (SSSR count).